The van der Waals surface area contributed by atoms with Crippen molar-refractivity contribution in [1.82, 2.24) is 4.98 Å². The first-order chi connectivity index (χ1) is 10.3. The summed E-state index contributed by atoms with van der Waals surface area (Å²) < 4.78 is 0. The summed E-state index contributed by atoms with van der Waals surface area (Å²) in [5.41, 5.74) is 1.12. The molecule has 2 aromatic rings. The number of hydrogen-bond donors (Lipinski definition) is 1. The lowest BCUT2D eigenvalue weighted by atomic mass is 10.2. The van der Waals surface area contributed by atoms with Gasteiger partial charge in [0.15, 0.2) is 0 Å². The normalized spacial score (nSPS) is 15.1. The number of rotatable bonds is 3. The second kappa shape index (κ2) is 6.22. The zero-order valence-electron chi connectivity index (χ0n) is 12.1. The lowest BCUT2D eigenvalue weighted by Gasteiger charge is -2.37. The Bertz CT molecular complexity index is 609. The van der Waals surface area contributed by atoms with Crippen LogP contribution < -0.4 is 15.1 Å². The van der Waals surface area contributed by atoms with E-state index in [2.05, 4.69) is 32.2 Å². The SMILES string of the molecule is CNc1cccc(N2CCN(c3ccccc3Cl)CC2)n1. The number of benzene rings is 1. The number of anilines is 3. The Balaban J connectivity index is 1.69. The predicted molar refractivity (Wildman–Crippen MR) is 89.7 cm³/mol. The number of pyridine rings is 1. The molecule has 0 bridgehead atoms. The van der Waals surface area contributed by atoms with Crippen LogP contribution in [0, 0.1) is 0 Å². The van der Waals surface area contributed by atoms with E-state index in [4.69, 9.17) is 11.6 Å². The summed E-state index contributed by atoms with van der Waals surface area (Å²) in [7, 11) is 1.89. The van der Waals surface area contributed by atoms with Crippen molar-refractivity contribution in [3.63, 3.8) is 0 Å². The fourth-order valence-corrected chi connectivity index (χ4v) is 2.88. The molecule has 0 amide bonds. The van der Waals surface area contributed by atoms with Gasteiger partial charge in [0, 0.05) is 33.2 Å². The van der Waals surface area contributed by atoms with Crippen LogP contribution >= 0.6 is 11.6 Å². The van der Waals surface area contributed by atoms with Crippen LogP contribution in [0.25, 0.3) is 0 Å². The molecule has 1 aliphatic heterocycles. The number of halogens is 1. The van der Waals surface area contributed by atoms with Crippen molar-refractivity contribution in [1.29, 1.82) is 0 Å². The zero-order valence-corrected chi connectivity index (χ0v) is 12.8. The number of nitrogens with one attached hydrogen (secondary N) is 1. The zero-order chi connectivity index (χ0) is 14.7. The number of nitrogens with zero attached hydrogens (tertiary/aromatic N) is 3. The minimum absolute atomic E-state index is 0.821. The molecular weight excluding hydrogens is 284 g/mol. The van der Waals surface area contributed by atoms with E-state index in [0.717, 1.165) is 48.5 Å². The van der Waals surface area contributed by atoms with E-state index in [0.29, 0.717) is 0 Å². The Hall–Kier alpha value is -1.94. The molecule has 110 valence electrons. The van der Waals surface area contributed by atoms with Gasteiger partial charge in [-0.2, -0.15) is 0 Å². The quantitative estimate of drug-likeness (QED) is 0.944. The van der Waals surface area contributed by atoms with Gasteiger partial charge in [-0.15, -0.1) is 0 Å². The average Bonchev–Trinajstić information content (AvgIpc) is 2.56. The molecule has 0 unspecified atom stereocenters. The van der Waals surface area contributed by atoms with Gasteiger partial charge in [-0.25, -0.2) is 4.98 Å². The van der Waals surface area contributed by atoms with Gasteiger partial charge in [0.05, 0.1) is 10.7 Å². The molecule has 1 saturated heterocycles. The third kappa shape index (κ3) is 3.05. The van der Waals surface area contributed by atoms with Crippen molar-refractivity contribution in [2.24, 2.45) is 0 Å². The molecule has 5 heteroatoms. The van der Waals surface area contributed by atoms with E-state index in [-0.39, 0.29) is 0 Å². The van der Waals surface area contributed by atoms with Crippen molar-refractivity contribution >= 4 is 28.9 Å². The molecule has 1 aromatic carbocycles. The summed E-state index contributed by atoms with van der Waals surface area (Å²) in [6, 6.07) is 14.1. The van der Waals surface area contributed by atoms with Gasteiger partial charge in [-0.05, 0) is 24.3 Å². The molecule has 3 rings (SSSR count). The highest BCUT2D eigenvalue weighted by atomic mass is 35.5. The van der Waals surface area contributed by atoms with Crippen molar-refractivity contribution in [3.05, 3.63) is 47.5 Å². The van der Waals surface area contributed by atoms with Crippen LogP contribution in [0.1, 0.15) is 0 Å². The van der Waals surface area contributed by atoms with Crippen LogP contribution in [0.15, 0.2) is 42.5 Å². The molecule has 1 N–H and O–H groups in total. The monoisotopic (exact) mass is 302 g/mol. The van der Waals surface area contributed by atoms with Crippen molar-refractivity contribution in [2.75, 3.05) is 48.3 Å². The van der Waals surface area contributed by atoms with E-state index in [9.17, 15) is 0 Å². The van der Waals surface area contributed by atoms with Crippen LogP contribution in [-0.2, 0) is 0 Å². The highest BCUT2D eigenvalue weighted by Gasteiger charge is 2.19. The largest absolute Gasteiger partial charge is 0.373 e. The number of aromatic nitrogens is 1. The second-order valence-electron chi connectivity index (χ2n) is 5.06. The predicted octanol–water partition coefficient (Wildman–Crippen LogP) is 3.10. The molecule has 0 atom stereocenters. The third-order valence-corrected chi connectivity index (χ3v) is 4.11. The number of hydrogen-bond acceptors (Lipinski definition) is 4. The summed E-state index contributed by atoms with van der Waals surface area (Å²) in [4.78, 5) is 9.25. The maximum absolute atomic E-state index is 6.27. The Morgan fingerprint density at radius 1 is 0.952 bits per heavy atom. The van der Waals surface area contributed by atoms with Crippen LogP contribution in [0.5, 0.6) is 0 Å². The molecule has 0 radical (unpaired) electrons. The smallest absolute Gasteiger partial charge is 0.131 e. The highest BCUT2D eigenvalue weighted by molar-refractivity contribution is 6.33. The van der Waals surface area contributed by atoms with Crippen LogP contribution in [0.2, 0.25) is 5.02 Å². The van der Waals surface area contributed by atoms with Gasteiger partial charge >= 0.3 is 0 Å². The Kier molecular flexibility index (Phi) is 4.15. The molecule has 21 heavy (non-hydrogen) atoms. The summed E-state index contributed by atoms with van der Waals surface area (Å²) in [6.45, 7) is 3.81. The minimum atomic E-state index is 0.821. The maximum atomic E-state index is 6.27. The van der Waals surface area contributed by atoms with E-state index >= 15 is 0 Å². The highest BCUT2D eigenvalue weighted by Crippen LogP contribution is 2.27. The standard InChI is InChI=1S/C16H19ClN4/c1-18-15-7-4-8-16(19-15)21-11-9-20(10-12-21)14-6-3-2-5-13(14)17/h2-8H,9-12H2,1H3,(H,18,19). The summed E-state index contributed by atoms with van der Waals surface area (Å²) in [6.07, 6.45) is 0. The maximum Gasteiger partial charge on any atom is 0.131 e. The van der Waals surface area contributed by atoms with Crippen molar-refractivity contribution in [3.8, 4) is 0 Å². The molecule has 1 fully saturated rings. The van der Waals surface area contributed by atoms with Crippen molar-refractivity contribution < 1.29 is 0 Å². The van der Waals surface area contributed by atoms with Crippen LogP contribution in [0.4, 0.5) is 17.3 Å². The molecule has 1 aliphatic rings. The Labute approximate surface area is 130 Å². The van der Waals surface area contributed by atoms with Crippen molar-refractivity contribution in [2.45, 2.75) is 0 Å². The van der Waals surface area contributed by atoms with Gasteiger partial charge in [0.2, 0.25) is 0 Å². The second-order valence-corrected chi connectivity index (χ2v) is 5.46. The molecule has 0 saturated carbocycles. The van der Waals surface area contributed by atoms with Crippen LogP contribution in [-0.4, -0.2) is 38.2 Å². The Morgan fingerprint density at radius 2 is 1.67 bits per heavy atom. The van der Waals surface area contributed by atoms with Gasteiger partial charge in [0.1, 0.15) is 11.6 Å². The first kappa shape index (κ1) is 14.0. The van der Waals surface area contributed by atoms with Gasteiger partial charge in [-0.1, -0.05) is 29.8 Å². The molecular formula is C16H19ClN4. The molecule has 0 spiro atoms. The third-order valence-electron chi connectivity index (χ3n) is 3.79. The lowest BCUT2D eigenvalue weighted by Crippen LogP contribution is -2.47. The average molecular weight is 303 g/mol. The minimum Gasteiger partial charge on any atom is -0.373 e. The topological polar surface area (TPSA) is 31.4 Å². The van der Waals surface area contributed by atoms with E-state index in [1.807, 2.05) is 37.4 Å². The van der Waals surface area contributed by atoms with E-state index in [1.165, 1.54) is 0 Å². The molecule has 2 heterocycles. The number of para-hydroxylation sites is 1. The summed E-state index contributed by atoms with van der Waals surface area (Å²) in [5.74, 6) is 1.93. The van der Waals surface area contributed by atoms with Gasteiger partial charge in [-0.3, -0.25) is 0 Å². The first-order valence-corrected chi connectivity index (χ1v) is 7.55. The molecule has 0 aliphatic carbocycles. The number of piperazine rings is 1. The van der Waals surface area contributed by atoms with Gasteiger partial charge < -0.3 is 15.1 Å². The molecule has 1 aromatic heterocycles. The summed E-state index contributed by atoms with van der Waals surface area (Å²) in [5, 5.41) is 3.90. The van der Waals surface area contributed by atoms with E-state index in [1.54, 1.807) is 0 Å². The first-order valence-electron chi connectivity index (χ1n) is 7.17. The lowest BCUT2D eigenvalue weighted by molar-refractivity contribution is 0.648. The molecule has 4 nitrogen and oxygen atoms in total. The summed E-state index contributed by atoms with van der Waals surface area (Å²) >= 11 is 6.27. The van der Waals surface area contributed by atoms with Gasteiger partial charge in [0.25, 0.3) is 0 Å². The fourth-order valence-electron chi connectivity index (χ4n) is 2.62. The Morgan fingerprint density at radius 3 is 2.38 bits per heavy atom. The van der Waals surface area contributed by atoms with E-state index < -0.39 is 0 Å². The van der Waals surface area contributed by atoms with Crippen LogP contribution in [0.3, 0.4) is 0 Å². The fraction of sp³-hybridized carbons (Fsp3) is 0.312.